The Balaban J connectivity index is 1.85. The molecule has 2 fully saturated rings. The minimum Gasteiger partial charge on any atom is -0.460 e. The lowest BCUT2D eigenvalue weighted by atomic mass is 10.0. The van der Waals surface area contributed by atoms with Gasteiger partial charge in [-0.1, -0.05) is 28.1 Å². The van der Waals surface area contributed by atoms with Crippen LogP contribution < -0.4 is 5.32 Å². The van der Waals surface area contributed by atoms with Crippen molar-refractivity contribution >= 4 is 45.3 Å². The van der Waals surface area contributed by atoms with Crippen LogP contribution in [0, 0.1) is 0 Å². The predicted molar refractivity (Wildman–Crippen MR) is 80.6 cm³/mol. The minimum absolute atomic E-state index is 0.147. The van der Waals surface area contributed by atoms with Crippen molar-refractivity contribution in [2.75, 3.05) is 13.2 Å². The van der Waals surface area contributed by atoms with Gasteiger partial charge in [0.25, 0.3) is 11.1 Å². The van der Waals surface area contributed by atoms with E-state index in [4.69, 9.17) is 21.7 Å². The zero-order valence-electron chi connectivity index (χ0n) is 10.7. The number of thiocarbonyl (C=S) groups is 1. The van der Waals surface area contributed by atoms with Crippen LogP contribution in [0.3, 0.4) is 0 Å². The van der Waals surface area contributed by atoms with E-state index in [-0.39, 0.29) is 18.3 Å². The van der Waals surface area contributed by atoms with Crippen LogP contribution in [-0.4, -0.2) is 41.3 Å². The molecular formula is C13H11BrN2O4S. The van der Waals surface area contributed by atoms with Crippen LogP contribution in [0.15, 0.2) is 28.7 Å². The molecule has 1 aromatic rings. The Labute approximate surface area is 134 Å². The van der Waals surface area contributed by atoms with E-state index in [0.717, 1.165) is 14.9 Å². The van der Waals surface area contributed by atoms with E-state index >= 15 is 0 Å². The summed E-state index contributed by atoms with van der Waals surface area (Å²) in [7, 11) is 0. The molecule has 21 heavy (non-hydrogen) atoms. The van der Waals surface area contributed by atoms with Gasteiger partial charge in [-0.25, -0.2) is 9.69 Å². The lowest BCUT2D eigenvalue weighted by Crippen LogP contribution is -2.46. The van der Waals surface area contributed by atoms with Gasteiger partial charge >= 0.3 is 6.09 Å². The molecule has 110 valence electrons. The molecule has 2 aliphatic heterocycles. The van der Waals surface area contributed by atoms with Crippen molar-refractivity contribution in [3.05, 3.63) is 34.3 Å². The fraction of sp³-hybridized carbons (Fsp3) is 0.308. The molecule has 3 rings (SSSR count). The number of carbonyl (C=O) groups excluding carboxylic acids is 2. The number of imide groups is 1. The quantitative estimate of drug-likeness (QED) is 0.799. The van der Waals surface area contributed by atoms with Crippen molar-refractivity contribution in [1.29, 1.82) is 0 Å². The smallest absolute Gasteiger partial charge is 0.416 e. The van der Waals surface area contributed by atoms with Crippen LogP contribution in [0.4, 0.5) is 4.79 Å². The lowest BCUT2D eigenvalue weighted by molar-refractivity contribution is -0.130. The number of halogens is 1. The molecule has 2 amide bonds. The normalized spacial score (nSPS) is 24.5. The number of cyclic esters (lactones) is 1. The van der Waals surface area contributed by atoms with E-state index in [2.05, 4.69) is 21.2 Å². The van der Waals surface area contributed by atoms with E-state index in [1.54, 1.807) is 0 Å². The second-order valence-electron chi connectivity index (χ2n) is 4.60. The Bertz CT molecular complexity index is 607. The second kappa shape index (κ2) is 5.61. The molecule has 6 nitrogen and oxygen atoms in total. The second-order valence-corrected chi connectivity index (χ2v) is 5.89. The standard InChI is InChI=1S/C13H11BrN2O4S/c14-8-3-1-7(2-4-8)10-9(15-12(21)20-10)11(17)16-5-6-19-13(16)18/h1-4,9-10H,5-6H2,(H,15,21)/t9-,10+/m0/s1. The van der Waals surface area contributed by atoms with Crippen molar-refractivity contribution in [1.82, 2.24) is 10.2 Å². The third-order valence-electron chi connectivity index (χ3n) is 3.30. The average molecular weight is 371 g/mol. The molecule has 1 N–H and O–H groups in total. The molecule has 0 spiro atoms. The first kappa shape index (κ1) is 14.3. The molecule has 8 heteroatoms. The van der Waals surface area contributed by atoms with E-state index < -0.39 is 24.1 Å². The number of rotatable bonds is 2. The Morgan fingerprint density at radius 2 is 2.10 bits per heavy atom. The van der Waals surface area contributed by atoms with Gasteiger partial charge < -0.3 is 14.8 Å². The molecule has 2 aliphatic rings. The fourth-order valence-electron chi connectivity index (χ4n) is 2.29. The van der Waals surface area contributed by atoms with Crippen molar-refractivity contribution in [3.63, 3.8) is 0 Å². The summed E-state index contributed by atoms with van der Waals surface area (Å²) in [6, 6.07) is 6.65. The van der Waals surface area contributed by atoms with Crippen LogP contribution in [0.5, 0.6) is 0 Å². The number of carbonyl (C=O) groups is 2. The van der Waals surface area contributed by atoms with Gasteiger partial charge in [-0.3, -0.25) is 4.79 Å². The summed E-state index contributed by atoms with van der Waals surface area (Å²) >= 11 is 8.35. The molecule has 0 unspecified atom stereocenters. The van der Waals surface area contributed by atoms with Crippen LogP contribution in [-0.2, 0) is 14.3 Å². The molecule has 2 atom stereocenters. The third kappa shape index (κ3) is 2.73. The highest BCUT2D eigenvalue weighted by Gasteiger charge is 2.43. The highest BCUT2D eigenvalue weighted by molar-refractivity contribution is 9.10. The summed E-state index contributed by atoms with van der Waals surface area (Å²) in [5.74, 6) is -0.398. The summed E-state index contributed by atoms with van der Waals surface area (Å²) in [6.07, 6.45) is -1.19. The summed E-state index contributed by atoms with van der Waals surface area (Å²) in [6.45, 7) is 0.460. The minimum atomic E-state index is -0.732. The summed E-state index contributed by atoms with van der Waals surface area (Å²) in [4.78, 5) is 25.1. The van der Waals surface area contributed by atoms with Gasteiger partial charge in [-0.15, -0.1) is 0 Å². The molecule has 1 aromatic carbocycles. The summed E-state index contributed by atoms with van der Waals surface area (Å²) in [5, 5.41) is 2.96. The number of ether oxygens (including phenoxy) is 2. The maximum Gasteiger partial charge on any atom is 0.416 e. The summed E-state index contributed by atoms with van der Waals surface area (Å²) < 4.78 is 11.2. The molecule has 2 saturated heterocycles. The van der Waals surface area contributed by atoms with E-state index in [1.807, 2.05) is 24.3 Å². The Morgan fingerprint density at radius 3 is 2.71 bits per heavy atom. The van der Waals surface area contributed by atoms with Gasteiger partial charge in [0.1, 0.15) is 6.61 Å². The number of nitrogens with one attached hydrogen (secondary N) is 1. The SMILES string of the molecule is O=C1OCCN1C(=O)[C@H]1NC(=S)O[C@@H]1c1ccc(Br)cc1. The van der Waals surface area contributed by atoms with E-state index in [9.17, 15) is 9.59 Å². The Morgan fingerprint density at radius 1 is 1.38 bits per heavy atom. The van der Waals surface area contributed by atoms with Gasteiger partial charge in [-0.2, -0.15) is 0 Å². The molecule has 0 aromatic heterocycles. The van der Waals surface area contributed by atoms with Crippen molar-refractivity contribution in [2.45, 2.75) is 12.1 Å². The fourth-order valence-corrected chi connectivity index (χ4v) is 2.78. The van der Waals surface area contributed by atoms with Crippen LogP contribution in [0.1, 0.15) is 11.7 Å². The lowest BCUT2D eigenvalue weighted by Gasteiger charge is -2.20. The Kier molecular flexibility index (Phi) is 3.81. The Hall–Kier alpha value is -1.67. The van der Waals surface area contributed by atoms with Gasteiger partial charge in [0.15, 0.2) is 12.1 Å². The molecule has 0 saturated carbocycles. The average Bonchev–Trinajstić information content (AvgIpc) is 3.05. The number of benzene rings is 1. The number of hydrogen-bond donors (Lipinski definition) is 1. The highest BCUT2D eigenvalue weighted by Crippen LogP contribution is 2.29. The van der Waals surface area contributed by atoms with Crippen LogP contribution in [0.25, 0.3) is 0 Å². The largest absolute Gasteiger partial charge is 0.460 e. The number of hydrogen-bond acceptors (Lipinski definition) is 5. The van der Waals surface area contributed by atoms with Crippen LogP contribution in [0.2, 0.25) is 0 Å². The van der Waals surface area contributed by atoms with E-state index in [0.29, 0.717) is 0 Å². The molecule has 2 heterocycles. The first-order valence-electron chi connectivity index (χ1n) is 6.27. The zero-order chi connectivity index (χ0) is 15.0. The molecular weight excluding hydrogens is 360 g/mol. The first-order chi connectivity index (χ1) is 10.1. The van der Waals surface area contributed by atoms with Gasteiger partial charge in [-0.05, 0) is 29.9 Å². The van der Waals surface area contributed by atoms with Gasteiger partial charge in [0.2, 0.25) is 0 Å². The third-order valence-corrected chi connectivity index (χ3v) is 4.04. The van der Waals surface area contributed by atoms with Crippen molar-refractivity contribution in [3.8, 4) is 0 Å². The molecule has 0 aliphatic carbocycles. The summed E-state index contributed by atoms with van der Waals surface area (Å²) in [5.41, 5.74) is 0.802. The zero-order valence-corrected chi connectivity index (χ0v) is 13.1. The first-order valence-corrected chi connectivity index (χ1v) is 7.47. The molecule has 0 radical (unpaired) electrons. The number of amides is 2. The predicted octanol–water partition coefficient (Wildman–Crippen LogP) is 1.74. The topological polar surface area (TPSA) is 67.9 Å². The van der Waals surface area contributed by atoms with E-state index in [1.165, 1.54) is 0 Å². The van der Waals surface area contributed by atoms with Crippen LogP contribution >= 0.6 is 28.1 Å². The maximum atomic E-state index is 12.5. The maximum absolute atomic E-state index is 12.5. The monoisotopic (exact) mass is 370 g/mol. The molecule has 0 bridgehead atoms. The van der Waals surface area contributed by atoms with Crippen molar-refractivity contribution in [2.24, 2.45) is 0 Å². The van der Waals surface area contributed by atoms with Gasteiger partial charge in [0.05, 0.1) is 6.54 Å². The van der Waals surface area contributed by atoms with Crippen molar-refractivity contribution < 1.29 is 19.1 Å². The highest BCUT2D eigenvalue weighted by atomic mass is 79.9. The van der Waals surface area contributed by atoms with Gasteiger partial charge in [0, 0.05) is 4.47 Å². The number of nitrogens with zero attached hydrogens (tertiary/aromatic N) is 1.